The van der Waals surface area contributed by atoms with Gasteiger partial charge in [-0.3, -0.25) is 4.79 Å². The Labute approximate surface area is 195 Å². The Bertz CT molecular complexity index is 1240. The van der Waals surface area contributed by atoms with E-state index in [1.54, 1.807) is 12.1 Å². The van der Waals surface area contributed by atoms with E-state index < -0.39 is 5.91 Å². The molecule has 0 radical (unpaired) electrons. The third kappa shape index (κ3) is 3.92. The standard InChI is InChI=1S/C24H22ClN3O5/c1-32-21-12-20(33-27-21)23(30)22-17-10-16(18(25)11-19(17)26-24(22)31)13-2-4-14(5-3-13)28-8-6-15(29)7-9-28/h2-5,10-12,15,29-30H,6-9H2,1H3,(H,26,31)/b23-22+. The molecule has 3 aromatic rings. The zero-order chi connectivity index (χ0) is 23.1. The normalized spacial score (nSPS) is 17.7. The van der Waals surface area contributed by atoms with Crippen LogP contribution in [0, 0.1) is 0 Å². The summed E-state index contributed by atoms with van der Waals surface area (Å²) in [5, 5.41) is 27.4. The summed E-state index contributed by atoms with van der Waals surface area (Å²) in [6.07, 6.45) is 1.29. The Kier molecular flexibility index (Phi) is 5.47. The van der Waals surface area contributed by atoms with Gasteiger partial charge in [-0.05, 0) is 47.8 Å². The van der Waals surface area contributed by atoms with Gasteiger partial charge in [0, 0.05) is 29.9 Å². The van der Waals surface area contributed by atoms with Crippen molar-refractivity contribution in [1.29, 1.82) is 0 Å². The van der Waals surface area contributed by atoms with Crippen molar-refractivity contribution >= 4 is 40.2 Å². The highest BCUT2D eigenvalue weighted by atomic mass is 35.5. The molecule has 2 aromatic carbocycles. The molecule has 0 spiro atoms. The van der Waals surface area contributed by atoms with E-state index >= 15 is 0 Å². The van der Waals surface area contributed by atoms with Crippen LogP contribution in [-0.2, 0) is 4.79 Å². The molecule has 170 valence electrons. The first-order chi connectivity index (χ1) is 15.9. The largest absolute Gasteiger partial charge is 0.504 e. The van der Waals surface area contributed by atoms with Crippen molar-refractivity contribution in [3.63, 3.8) is 0 Å². The van der Waals surface area contributed by atoms with E-state index in [0.717, 1.165) is 42.7 Å². The minimum Gasteiger partial charge on any atom is -0.504 e. The average molecular weight is 468 g/mol. The van der Waals surface area contributed by atoms with E-state index in [4.69, 9.17) is 20.9 Å². The van der Waals surface area contributed by atoms with Crippen LogP contribution in [0.5, 0.6) is 5.88 Å². The van der Waals surface area contributed by atoms with E-state index in [-0.39, 0.29) is 29.1 Å². The van der Waals surface area contributed by atoms with Crippen molar-refractivity contribution in [2.45, 2.75) is 18.9 Å². The predicted octanol–water partition coefficient (Wildman–Crippen LogP) is 4.34. The number of nitrogens with one attached hydrogen (secondary N) is 1. The lowest BCUT2D eigenvalue weighted by Gasteiger charge is -2.31. The van der Waals surface area contributed by atoms with Crippen LogP contribution in [0.15, 0.2) is 47.0 Å². The molecule has 8 nitrogen and oxygen atoms in total. The number of amides is 1. The number of rotatable bonds is 4. The van der Waals surface area contributed by atoms with Crippen LogP contribution in [0.2, 0.25) is 5.02 Å². The molecule has 1 amide bonds. The number of nitrogens with zero attached hydrogens (tertiary/aromatic N) is 2. The quantitative estimate of drug-likeness (QED) is 0.387. The molecule has 0 saturated carbocycles. The average Bonchev–Trinajstić information content (AvgIpc) is 3.42. The number of aromatic nitrogens is 1. The number of hydrogen-bond donors (Lipinski definition) is 3. The lowest BCUT2D eigenvalue weighted by Crippen LogP contribution is -2.35. The third-order valence-electron chi connectivity index (χ3n) is 6.03. The molecule has 0 aliphatic carbocycles. The van der Waals surface area contributed by atoms with Crippen LogP contribution in [0.1, 0.15) is 24.2 Å². The third-order valence-corrected chi connectivity index (χ3v) is 6.34. The van der Waals surface area contributed by atoms with Crippen molar-refractivity contribution in [1.82, 2.24) is 5.16 Å². The molecule has 2 aliphatic rings. The number of methoxy groups -OCH3 is 1. The number of hydrogen-bond acceptors (Lipinski definition) is 7. The highest BCUT2D eigenvalue weighted by molar-refractivity contribution is 6.38. The topological polar surface area (TPSA) is 108 Å². The summed E-state index contributed by atoms with van der Waals surface area (Å²) in [6, 6.07) is 12.9. The van der Waals surface area contributed by atoms with Crippen molar-refractivity contribution in [3.05, 3.63) is 58.8 Å². The van der Waals surface area contributed by atoms with Gasteiger partial charge in [-0.2, -0.15) is 0 Å². The number of fused-ring (bicyclic) bond motifs is 1. The molecule has 33 heavy (non-hydrogen) atoms. The van der Waals surface area contributed by atoms with Gasteiger partial charge in [0.05, 0.1) is 35.6 Å². The lowest BCUT2D eigenvalue weighted by molar-refractivity contribution is -0.110. The number of aliphatic hydroxyl groups is 2. The van der Waals surface area contributed by atoms with E-state index in [2.05, 4.69) is 15.4 Å². The van der Waals surface area contributed by atoms with Crippen LogP contribution in [0.3, 0.4) is 0 Å². The van der Waals surface area contributed by atoms with Crippen molar-refractivity contribution in [2.75, 3.05) is 30.4 Å². The molecular weight excluding hydrogens is 446 g/mol. The molecule has 9 heteroatoms. The second-order valence-electron chi connectivity index (χ2n) is 8.05. The number of halogens is 1. The minimum absolute atomic E-state index is 0.0253. The Morgan fingerprint density at radius 2 is 1.91 bits per heavy atom. The summed E-state index contributed by atoms with van der Waals surface area (Å²) >= 11 is 6.55. The first-order valence-electron chi connectivity index (χ1n) is 10.6. The van der Waals surface area contributed by atoms with E-state index in [1.807, 2.05) is 24.3 Å². The smallest absolute Gasteiger partial charge is 0.260 e. The van der Waals surface area contributed by atoms with Crippen LogP contribution in [-0.4, -0.2) is 47.6 Å². The summed E-state index contributed by atoms with van der Waals surface area (Å²) in [5.74, 6) is -0.583. The molecule has 2 aliphatic heterocycles. The Morgan fingerprint density at radius 1 is 1.18 bits per heavy atom. The number of piperidine rings is 1. The number of anilines is 2. The number of benzene rings is 2. The summed E-state index contributed by atoms with van der Waals surface area (Å²) in [6.45, 7) is 1.63. The molecule has 5 rings (SSSR count). The summed E-state index contributed by atoms with van der Waals surface area (Å²) in [4.78, 5) is 14.9. The first-order valence-corrected chi connectivity index (χ1v) is 11.0. The van der Waals surface area contributed by atoms with Crippen LogP contribution < -0.4 is 15.0 Å². The summed E-state index contributed by atoms with van der Waals surface area (Å²) in [5.41, 5.74) is 3.78. The maximum Gasteiger partial charge on any atom is 0.260 e. The zero-order valence-electron chi connectivity index (χ0n) is 17.8. The maximum absolute atomic E-state index is 12.6. The molecule has 1 saturated heterocycles. The zero-order valence-corrected chi connectivity index (χ0v) is 18.6. The van der Waals surface area contributed by atoms with Gasteiger partial charge in [0.25, 0.3) is 11.8 Å². The van der Waals surface area contributed by atoms with Gasteiger partial charge < -0.3 is 29.7 Å². The number of ether oxygens (including phenoxy) is 1. The van der Waals surface area contributed by atoms with Gasteiger partial charge in [0.15, 0.2) is 5.76 Å². The van der Waals surface area contributed by atoms with Gasteiger partial charge in [0.1, 0.15) is 0 Å². The fourth-order valence-corrected chi connectivity index (χ4v) is 4.49. The molecule has 3 N–H and O–H groups in total. The van der Waals surface area contributed by atoms with Crippen molar-refractivity contribution in [2.24, 2.45) is 0 Å². The molecule has 1 fully saturated rings. The Balaban J connectivity index is 1.50. The summed E-state index contributed by atoms with van der Waals surface area (Å²) in [7, 11) is 1.43. The predicted molar refractivity (Wildman–Crippen MR) is 125 cm³/mol. The fourth-order valence-electron chi connectivity index (χ4n) is 4.21. The van der Waals surface area contributed by atoms with Gasteiger partial charge in [-0.15, -0.1) is 0 Å². The second-order valence-corrected chi connectivity index (χ2v) is 8.46. The lowest BCUT2D eigenvalue weighted by atomic mass is 9.97. The van der Waals surface area contributed by atoms with Gasteiger partial charge in [0.2, 0.25) is 5.76 Å². The molecule has 0 atom stereocenters. The van der Waals surface area contributed by atoms with Gasteiger partial charge in [-0.25, -0.2) is 0 Å². The fraction of sp³-hybridized carbons (Fsp3) is 0.250. The van der Waals surface area contributed by atoms with Crippen LogP contribution in [0.25, 0.3) is 22.5 Å². The highest BCUT2D eigenvalue weighted by Gasteiger charge is 2.31. The molecule has 1 aromatic heterocycles. The molecule has 0 bridgehead atoms. The molecular formula is C24H22ClN3O5. The van der Waals surface area contributed by atoms with Crippen molar-refractivity contribution in [3.8, 4) is 17.0 Å². The van der Waals surface area contributed by atoms with Crippen LogP contribution >= 0.6 is 11.6 Å². The number of aliphatic hydroxyl groups excluding tert-OH is 2. The number of carbonyl (C=O) groups is 1. The van der Waals surface area contributed by atoms with Crippen molar-refractivity contribution < 1.29 is 24.3 Å². The summed E-state index contributed by atoms with van der Waals surface area (Å²) < 4.78 is 10.1. The second kappa shape index (κ2) is 8.46. The molecule has 0 unspecified atom stereocenters. The van der Waals surface area contributed by atoms with Crippen LogP contribution in [0.4, 0.5) is 11.4 Å². The first kappa shape index (κ1) is 21.4. The molecule has 3 heterocycles. The highest BCUT2D eigenvalue weighted by Crippen LogP contribution is 2.42. The monoisotopic (exact) mass is 467 g/mol. The SMILES string of the molecule is COc1cc(/C(O)=C2\C(=O)Nc3cc(Cl)c(-c4ccc(N5CCC(O)CC5)cc4)cc32)on1. The Hall–Kier alpha value is -3.49. The van der Waals surface area contributed by atoms with E-state index in [0.29, 0.717) is 16.3 Å². The maximum atomic E-state index is 12.6. The minimum atomic E-state index is -0.464. The van der Waals surface area contributed by atoms with Gasteiger partial charge >= 0.3 is 0 Å². The van der Waals surface area contributed by atoms with E-state index in [1.165, 1.54) is 13.2 Å². The Morgan fingerprint density at radius 3 is 2.58 bits per heavy atom. The van der Waals surface area contributed by atoms with E-state index in [9.17, 15) is 15.0 Å². The number of carbonyl (C=O) groups excluding carboxylic acids is 1. The van der Waals surface area contributed by atoms with Gasteiger partial charge in [-0.1, -0.05) is 23.7 Å².